The molecular weight excluding hydrogens is 223 g/mol. The highest BCUT2D eigenvalue weighted by atomic mass is 32.1. The van der Waals surface area contributed by atoms with Crippen LogP contribution in [0.5, 0.6) is 0 Å². The van der Waals surface area contributed by atoms with Gasteiger partial charge < -0.3 is 0 Å². The summed E-state index contributed by atoms with van der Waals surface area (Å²) in [7, 11) is 1.54. The molecule has 0 unspecified atom stereocenters. The molecule has 1 saturated carbocycles. The summed E-state index contributed by atoms with van der Waals surface area (Å²) in [6.45, 7) is -0.307. The van der Waals surface area contributed by atoms with E-state index in [2.05, 4.69) is 12.6 Å². The molecule has 5 heteroatoms. The number of nitrogens with zero attached hydrogens (tertiary/aromatic N) is 1. The third-order valence-electron chi connectivity index (χ3n) is 3.05. The quantitative estimate of drug-likeness (QED) is 0.741. The molecule has 1 aliphatic carbocycles. The molecule has 0 aliphatic heterocycles. The van der Waals surface area contributed by atoms with E-state index in [1.165, 1.54) is 11.9 Å². The Labute approximate surface area is 94.4 Å². The van der Waals surface area contributed by atoms with E-state index < -0.39 is 12.7 Å². The molecule has 0 heterocycles. The number of rotatable bonds is 4. The standard InChI is InChI=1S/C10H18F3NS/c1-14(7-10(11,12)13)6-9(8-15)4-2-3-5-9/h15H,2-8H2,1H3. The zero-order valence-electron chi connectivity index (χ0n) is 8.98. The second-order valence-corrected chi connectivity index (χ2v) is 4.97. The predicted molar refractivity (Wildman–Crippen MR) is 58.3 cm³/mol. The maximum atomic E-state index is 12.1. The van der Waals surface area contributed by atoms with E-state index in [0.717, 1.165) is 25.7 Å². The summed E-state index contributed by atoms with van der Waals surface area (Å²) in [6, 6.07) is 0. The van der Waals surface area contributed by atoms with E-state index >= 15 is 0 Å². The van der Waals surface area contributed by atoms with Gasteiger partial charge in [-0.05, 0) is 31.1 Å². The Bertz CT molecular complexity index is 199. The Balaban J connectivity index is 2.45. The average molecular weight is 241 g/mol. The summed E-state index contributed by atoms with van der Waals surface area (Å²) in [5, 5.41) is 0. The molecule has 0 aromatic rings. The maximum absolute atomic E-state index is 12.1. The van der Waals surface area contributed by atoms with Crippen molar-refractivity contribution in [3.63, 3.8) is 0 Å². The first-order valence-corrected chi connectivity index (χ1v) is 5.86. The van der Waals surface area contributed by atoms with Crippen LogP contribution in [0.4, 0.5) is 13.2 Å². The molecule has 0 bridgehead atoms. The maximum Gasteiger partial charge on any atom is 0.401 e. The smallest absolute Gasteiger partial charge is 0.298 e. The van der Waals surface area contributed by atoms with Gasteiger partial charge in [-0.3, -0.25) is 4.90 Å². The Hall–Kier alpha value is 0.100. The topological polar surface area (TPSA) is 3.24 Å². The fourth-order valence-corrected chi connectivity index (χ4v) is 2.84. The van der Waals surface area contributed by atoms with Crippen LogP contribution in [0.3, 0.4) is 0 Å². The van der Waals surface area contributed by atoms with E-state index in [0.29, 0.717) is 12.3 Å². The highest BCUT2D eigenvalue weighted by Gasteiger charge is 2.36. The van der Waals surface area contributed by atoms with Crippen LogP contribution in [0.1, 0.15) is 25.7 Å². The van der Waals surface area contributed by atoms with Crippen LogP contribution in [-0.2, 0) is 0 Å². The van der Waals surface area contributed by atoms with E-state index in [9.17, 15) is 13.2 Å². The average Bonchev–Trinajstić information content (AvgIpc) is 2.50. The zero-order valence-corrected chi connectivity index (χ0v) is 9.87. The van der Waals surface area contributed by atoms with Crippen LogP contribution in [0.15, 0.2) is 0 Å². The summed E-state index contributed by atoms with van der Waals surface area (Å²) in [6.07, 6.45) is 0.184. The number of halogens is 3. The molecule has 15 heavy (non-hydrogen) atoms. The fraction of sp³-hybridized carbons (Fsp3) is 1.00. The summed E-state index contributed by atoms with van der Waals surface area (Å²) in [5.41, 5.74) is 0.0170. The van der Waals surface area contributed by atoms with Crippen molar-refractivity contribution in [2.75, 3.05) is 25.9 Å². The second kappa shape index (κ2) is 4.95. The minimum Gasteiger partial charge on any atom is -0.298 e. The Morgan fingerprint density at radius 2 is 1.80 bits per heavy atom. The zero-order chi connectivity index (χ0) is 11.5. The van der Waals surface area contributed by atoms with Gasteiger partial charge in [0.15, 0.2) is 0 Å². The molecule has 1 aliphatic rings. The lowest BCUT2D eigenvalue weighted by atomic mass is 9.88. The van der Waals surface area contributed by atoms with Crippen LogP contribution in [-0.4, -0.2) is 37.0 Å². The normalized spacial score (nSPS) is 21.2. The lowest BCUT2D eigenvalue weighted by Crippen LogP contribution is -2.40. The van der Waals surface area contributed by atoms with Crippen molar-refractivity contribution < 1.29 is 13.2 Å². The van der Waals surface area contributed by atoms with Crippen LogP contribution in [0, 0.1) is 5.41 Å². The third-order valence-corrected chi connectivity index (χ3v) is 3.72. The molecule has 1 fully saturated rings. The number of hydrogen-bond acceptors (Lipinski definition) is 2. The van der Waals surface area contributed by atoms with Gasteiger partial charge in [-0.15, -0.1) is 0 Å². The molecule has 90 valence electrons. The minimum absolute atomic E-state index is 0.0170. The van der Waals surface area contributed by atoms with Gasteiger partial charge in [0.25, 0.3) is 0 Å². The first-order valence-electron chi connectivity index (χ1n) is 5.23. The Kier molecular flexibility index (Phi) is 4.35. The fourth-order valence-electron chi connectivity index (χ4n) is 2.43. The summed E-state index contributed by atoms with van der Waals surface area (Å²) in [5.74, 6) is 0.690. The predicted octanol–water partition coefficient (Wildman–Crippen LogP) is 2.97. The lowest BCUT2D eigenvalue weighted by Gasteiger charge is -2.32. The van der Waals surface area contributed by atoms with Gasteiger partial charge in [0.1, 0.15) is 0 Å². The van der Waals surface area contributed by atoms with Crippen molar-refractivity contribution in [2.24, 2.45) is 5.41 Å². The number of alkyl halides is 3. The van der Waals surface area contributed by atoms with Crippen LogP contribution in [0.25, 0.3) is 0 Å². The molecule has 0 N–H and O–H groups in total. The largest absolute Gasteiger partial charge is 0.401 e. The molecule has 0 radical (unpaired) electrons. The van der Waals surface area contributed by atoms with Gasteiger partial charge in [-0.1, -0.05) is 12.8 Å². The number of hydrogen-bond donors (Lipinski definition) is 1. The summed E-state index contributed by atoms with van der Waals surface area (Å²) >= 11 is 4.28. The van der Waals surface area contributed by atoms with Crippen molar-refractivity contribution in [1.82, 2.24) is 4.90 Å². The molecule has 0 spiro atoms. The van der Waals surface area contributed by atoms with E-state index in [4.69, 9.17) is 0 Å². The minimum atomic E-state index is -4.09. The lowest BCUT2D eigenvalue weighted by molar-refractivity contribution is -0.145. The highest BCUT2D eigenvalue weighted by Crippen LogP contribution is 2.39. The van der Waals surface area contributed by atoms with Crippen LogP contribution in [0.2, 0.25) is 0 Å². The van der Waals surface area contributed by atoms with Gasteiger partial charge in [-0.2, -0.15) is 25.8 Å². The second-order valence-electron chi connectivity index (χ2n) is 4.65. The Morgan fingerprint density at radius 1 is 1.27 bits per heavy atom. The van der Waals surface area contributed by atoms with Crippen molar-refractivity contribution in [2.45, 2.75) is 31.9 Å². The summed E-state index contributed by atoms with van der Waals surface area (Å²) < 4.78 is 36.4. The van der Waals surface area contributed by atoms with E-state index in [1.807, 2.05) is 0 Å². The highest BCUT2D eigenvalue weighted by molar-refractivity contribution is 7.80. The molecule has 0 aromatic heterocycles. The monoisotopic (exact) mass is 241 g/mol. The molecule has 1 rings (SSSR count). The Morgan fingerprint density at radius 3 is 2.20 bits per heavy atom. The molecule has 0 amide bonds. The number of thiol groups is 1. The molecule has 0 aromatic carbocycles. The molecule has 0 saturated heterocycles. The van der Waals surface area contributed by atoms with Crippen molar-refractivity contribution in [1.29, 1.82) is 0 Å². The molecular formula is C10H18F3NS. The first-order chi connectivity index (χ1) is 6.87. The molecule has 1 nitrogen and oxygen atoms in total. The van der Waals surface area contributed by atoms with Crippen molar-refractivity contribution >= 4 is 12.6 Å². The van der Waals surface area contributed by atoms with Gasteiger partial charge >= 0.3 is 6.18 Å². The van der Waals surface area contributed by atoms with Crippen LogP contribution >= 0.6 is 12.6 Å². The summed E-state index contributed by atoms with van der Waals surface area (Å²) in [4.78, 5) is 1.38. The van der Waals surface area contributed by atoms with E-state index in [-0.39, 0.29) is 5.41 Å². The van der Waals surface area contributed by atoms with Crippen molar-refractivity contribution in [3.8, 4) is 0 Å². The van der Waals surface area contributed by atoms with Gasteiger partial charge in [0.05, 0.1) is 6.54 Å². The van der Waals surface area contributed by atoms with Crippen LogP contribution < -0.4 is 0 Å². The first kappa shape index (κ1) is 13.2. The van der Waals surface area contributed by atoms with E-state index in [1.54, 1.807) is 0 Å². The molecule has 0 atom stereocenters. The van der Waals surface area contributed by atoms with Gasteiger partial charge in [0.2, 0.25) is 0 Å². The SMILES string of the molecule is CN(CC(F)(F)F)CC1(CS)CCCC1. The van der Waals surface area contributed by atoms with Gasteiger partial charge in [-0.25, -0.2) is 0 Å². The van der Waals surface area contributed by atoms with Gasteiger partial charge in [0, 0.05) is 6.54 Å². The third kappa shape index (κ3) is 4.23. The van der Waals surface area contributed by atoms with Crippen molar-refractivity contribution in [3.05, 3.63) is 0 Å².